The van der Waals surface area contributed by atoms with E-state index < -0.39 is 5.92 Å². The lowest BCUT2D eigenvalue weighted by Crippen LogP contribution is -2.22. The van der Waals surface area contributed by atoms with Crippen LogP contribution in [0.4, 0.5) is 11.5 Å². The summed E-state index contributed by atoms with van der Waals surface area (Å²) in [5, 5.41) is 11.6. The summed E-state index contributed by atoms with van der Waals surface area (Å²) in [7, 11) is 6.17. The van der Waals surface area contributed by atoms with Gasteiger partial charge in [-0.2, -0.15) is 9.61 Å². The van der Waals surface area contributed by atoms with Gasteiger partial charge in [0.2, 0.25) is 5.91 Å². The number of hydrogen-bond donors (Lipinski definition) is 2. The van der Waals surface area contributed by atoms with Gasteiger partial charge in [-0.1, -0.05) is 103 Å². The Labute approximate surface area is 244 Å². The first kappa shape index (κ1) is 26.4. The van der Waals surface area contributed by atoms with Crippen LogP contribution in [-0.2, 0) is 11.3 Å². The van der Waals surface area contributed by atoms with Gasteiger partial charge in [0.25, 0.3) is 0 Å². The third kappa shape index (κ3) is 5.71. The molecule has 41 heavy (non-hydrogen) atoms. The van der Waals surface area contributed by atoms with E-state index in [9.17, 15) is 4.79 Å². The van der Waals surface area contributed by atoms with Crippen molar-refractivity contribution in [3.05, 3.63) is 143 Å². The van der Waals surface area contributed by atoms with Crippen molar-refractivity contribution >= 4 is 48.0 Å². The molecule has 2 heterocycles. The van der Waals surface area contributed by atoms with E-state index in [4.69, 9.17) is 24.4 Å². The smallest absolute Gasteiger partial charge is 0.236 e. The molecule has 1 amide bonds. The Hall–Kier alpha value is -4.88. The molecule has 0 spiro atoms. The van der Waals surface area contributed by atoms with Gasteiger partial charge in [-0.15, -0.1) is 0 Å². The van der Waals surface area contributed by atoms with E-state index in [0.29, 0.717) is 39.9 Å². The number of rotatable bonds is 8. The first-order chi connectivity index (χ1) is 20.1. The summed E-state index contributed by atoms with van der Waals surface area (Å²) in [6, 6.07) is 36.8. The van der Waals surface area contributed by atoms with E-state index in [1.165, 1.54) is 0 Å². The minimum absolute atomic E-state index is 0.0975. The Morgan fingerprint density at radius 2 is 1.54 bits per heavy atom. The molecular weight excluding hydrogens is 529 g/mol. The fraction of sp³-hybridized carbons (Fsp3) is 0.0606. The summed E-state index contributed by atoms with van der Waals surface area (Å²) in [6.07, 6.45) is 1.58. The lowest BCUT2D eigenvalue weighted by molar-refractivity contribution is -0.116. The van der Waals surface area contributed by atoms with Crippen molar-refractivity contribution in [3.63, 3.8) is 0 Å². The summed E-state index contributed by atoms with van der Waals surface area (Å²) in [6.45, 7) is 0.478. The molecule has 198 valence electrons. The van der Waals surface area contributed by atoms with Crippen LogP contribution in [0.25, 0.3) is 16.9 Å². The average molecular weight is 554 g/mol. The zero-order valence-electron chi connectivity index (χ0n) is 22.0. The number of amides is 1. The van der Waals surface area contributed by atoms with Gasteiger partial charge in [-0.25, -0.2) is 4.98 Å². The van der Waals surface area contributed by atoms with Crippen molar-refractivity contribution in [2.45, 2.75) is 12.5 Å². The van der Waals surface area contributed by atoms with Gasteiger partial charge < -0.3 is 10.6 Å². The van der Waals surface area contributed by atoms with E-state index in [0.717, 1.165) is 22.3 Å². The molecule has 6 nitrogen and oxygen atoms in total. The molecule has 0 bridgehead atoms. The van der Waals surface area contributed by atoms with E-state index in [-0.39, 0.29) is 5.91 Å². The molecule has 0 aliphatic rings. The van der Waals surface area contributed by atoms with Crippen LogP contribution in [0.1, 0.15) is 22.6 Å². The van der Waals surface area contributed by atoms with Crippen molar-refractivity contribution in [3.8, 4) is 11.3 Å². The molecule has 0 saturated carbocycles. The molecule has 2 radical (unpaired) electrons. The van der Waals surface area contributed by atoms with Crippen LogP contribution in [0.2, 0.25) is 5.02 Å². The second-order valence-corrected chi connectivity index (χ2v) is 10.0. The quantitative estimate of drug-likeness (QED) is 0.219. The highest BCUT2D eigenvalue weighted by Gasteiger charge is 2.22. The zero-order valence-corrected chi connectivity index (χ0v) is 22.8. The van der Waals surface area contributed by atoms with Crippen LogP contribution >= 0.6 is 11.6 Å². The number of carbonyl (C=O) groups is 1. The number of fused-ring (bicyclic) bond motifs is 1. The largest absolute Gasteiger partial charge is 0.366 e. The SMILES string of the molecule is [B]c1cnn2c(NCc3cccc(NC(=O)C(c4ccccc4)c4ccccc4)c3)cc(-c3ccccc3Cl)nc12. The van der Waals surface area contributed by atoms with Crippen molar-refractivity contribution in [2.24, 2.45) is 0 Å². The van der Waals surface area contributed by atoms with Crippen LogP contribution in [0, 0.1) is 0 Å². The van der Waals surface area contributed by atoms with Crippen LogP contribution < -0.4 is 16.1 Å². The fourth-order valence-electron chi connectivity index (χ4n) is 4.86. The van der Waals surface area contributed by atoms with Gasteiger partial charge in [0.1, 0.15) is 13.7 Å². The molecule has 0 atom stereocenters. The average Bonchev–Trinajstić information content (AvgIpc) is 3.38. The number of nitrogens with zero attached hydrogens (tertiary/aromatic N) is 3. The summed E-state index contributed by atoms with van der Waals surface area (Å²) < 4.78 is 1.67. The lowest BCUT2D eigenvalue weighted by Gasteiger charge is -2.18. The highest BCUT2D eigenvalue weighted by molar-refractivity contribution is 6.36. The molecule has 8 heteroatoms. The highest BCUT2D eigenvalue weighted by atomic mass is 35.5. The molecule has 0 fully saturated rings. The number of carbonyl (C=O) groups excluding carboxylic acids is 1. The Balaban J connectivity index is 1.24. The van der Waals surface area contributed by atoms with Crippen LogP contribution in [0.3, 0.4) is 0 Å². The first-order valence-electron chi connectivity index (χ1n) is 13.2. The van der Waals surface area contributed by atoms with Crippen LogP contribution in [-0.4, -0.2) is 28.4 Å². The third-order valence-corrected chi connectivity index (χ3v) is 7.17. The van der Waals surface area contributed by atoms with Crippen molar-refractivity contribution in [1.82, 2.24) is 14.6 Å². The normalized spacial score (nSPS) is 11.1. The maximum absolute atomic E-state index is 13.6. The Bertz CT molecular complexity index is 1790. The summed E-state index contributed by atoms with van der Waals surface area (Å²) in [4.78, 5) is 18.3. The molecule has 6 aromatic rings. The number of benzene rings is 4. The number of aromatic nitrogens is 3. The Morgan fingerprint density at radius 1 is 0.854 bits per heavy atom. The second kappa shape index (κ2) is 11.7. The van der Waals surface area contributed by atoms with Gasteiger partial charge in [0.15, 0.2) is 5.65 Å². The van der Waals surface area contributed by atoms with E-state index in [1.54, 1.807) is 10.7 Å². The van der Waals surface area contributed by atoms with Gasteiger partial charge in [0.05, 0.1) is 11.6 Å². The maximum Gasteiger partial charge on any atom is 0.236 e. The summed E-state index contributed by atoms with van der Waals surface area (Å²) in [5.74, 6) is 0.182. The summed E-state index contributed by atoms with van der Waals surface area (Å²) in [5.41, 5.74) is 6.06. The van der Waals surface area contributed by atoms with Gasteiger partial charge >= 0.3 is 0 Å². The highest BCUT2D eigenvalue weighted by Crippen LogP contribution is 2.29. The number of anilines is 2. The van der Waals surface area contributed by atoms with Gasteiger partial charge in [0, 0.05) is 35.1 Å². The predicted octanol–water partition coefficient (Wildman–Crippen LogP) is 6.23. The molecular formula is C33H25BClN5O. The monoisotopic (exact) mass is 553 g/mol. The molecule has 0 saturated heterocycles. The maximum atomic E-state index is 13.6. The lowest BCUT2D eigenvalue weighted by atomic mass is 9.90. The van der Waals surface area contributed by atoms with Crippen molar-refractivity contribution in [2.75, 3.05) is 10.6 Å². The Kier molecular flexibility index (Phi) is 7.52. The minimum atomic E-state index is -0.433. The number of halogens is 1. The molecule has 4 aromatic carbocycles. The Morgan fingerprint density at radius 3 is 2.24 bits per heavy atom. The minimum Gasteiger partial charge on any atom is -0.366 e. The fourth-order valence-corrected chi connectivity index (χ4v) is 5.10. The van der Waals surface area contributed by atoms with Gasteiger partial charge in [-0.05, 0) is 40.4 Å². The van der Waals surface area contributed by atoms with Crippen LogP contribution in [0.15, 0.2) is 121 Å². The van der Waals surface area contributed by atoms with Gasteiger partial charge in [-0.3, -0.25) is 4.79 Å². The zero-order chi connectivity index (χ0) is 28.2. The van der Waals surface area contributed by atoms with E-state index >= 15 is 0 Å². The number of nitrogens with one attached hydrogen (secondary N) is 2. The second-order valence-electron chi connectivity index (χ2n) is 9.64. The molecule has 0 aliphatic carbocycles. The molecule has 2 aromatic heterocycles. The van der Waals surface area contributed by atoms with Crippen molar-refractivity contribution < 1.29 is 4.79 Å². The molecule has 0 unspecified atom stereocenters. The first-order valence-corrected chi connectivity index (χ1v) is 13.6. The van der Waals surface area contributed by atoms with Crippen molar-refractivity contribution in [1.29, 1.82) is 0 Å². The van der Waals surface area contributed by atoms with E-state index in [2.05, 4.69) is 15.7 Å². The molecule has 2 N–H and O–H groups in total. The standard InChI is InChI=1S/C33H25BClN5O/c34-27-21-37-40-30(19-29(39-32(27)40)26-16-7-8-17-28(26)35)36-20-22-10-9-15-25(18-22)38-33(41)31(23-11-3-1-4-12-23)24-13-5-2-6-14-24/h1-19,21,31,36H,20H2,(H,38,41). The summed E-state index contributed by atoms with van der Waals surface area (Å²) >= 11 is 6.46. The molecule has 6 rings (SSSR count). The van der Waals surface area contributed by atoms with Crippen LogP contribution in [0.5, 0.6) is 0 Å². The predicted molar refractivity (Wildman–Crippen MR) is 166 cm³/mol. The number of hydrogen-bond acceptors (Lipinski definition) is 4. The topological polar surface area (TPSA) is 71.3 Å². The molecule has 0 aliphatic heterocycles. The third-order valence-electron chi connectivity index (χ3n) is 6.85. The van der Waals surface area contributed by atoms with E-state index in [1.807, 2.05) is 115 Å².